The monoisotopic (exact) mass is 273 g/mol. The number of hydrogen-bond acceptors (Lipinski definition) is 4. The summed E-state index contributed by atoms with van der Waals surface area (Å²) in [5.74, 6) is -1.18. The molecule has 0 aromatic heterocycles. The van der Waals surface area contributed by atoms with E-state index in [1.165, 1.54) is 6.07 Å². The number of hydrogen-bond donors (Lipinski definition) is 3. The molecular formula is C11H15NO5S. The zero-order chi connectivity index (χ0) is 13.9. The second-order valence-corrected chi connectivity index (χ2v) is 5.58. The van der Waals surface area contributed by atoms with Crippen LogP contribution in [0.3, 0.4) is 0 Å². The van der Waals surface area contributed by atoms with Gasteiger partial charge >= 0.3 is 5.97 Å². The standard InChI is InChI=1S/C11H15NO5S/c1-7-5-9(11(14)15)6-10(8(7)2)18(16,17)12-3-4-13/h5-6,12-13H,3-4H2,1-2H3,(H,14,15). The molecule has 100 valence electrons. The molecule has 0 atom stereocenters. The lowest BCUT2D eigenvalue weighted by atomic mass is 10.1. The zero-order valence-electron chi connectivity index (χ0n) is 10.1. The van der Waals surface area contributed by atoms with E-state index in [-0.39, 0.29) is 23.6 Å². The molecule has 7 heteroatoms. The van der Waals surface area contributed by atoms with E-state index in [2.05, 4.69) is 4.72 Å². The van der Waals surface area contributed by atoms with Gasteiger partial charge < -0.3 is 10.2 Å². The van der Waals surface area contributed by atoms with E-state index < -0.39 is 16.0 Å². The summed E-state index contributed by atoms with van der Waals surface area (Å²) in [5, 5.41) is 17.5. The van der Waals surface area contributed by atoms with Crippen molar-refractivity contribution in [2.45, 2.75) is 18.7 Å². The van der Waals surface area contributed by atoms with Crippen molar-refractivity contribution in [3.63, 3.8) is 0 Å². The Morgan fingerprint density at radius 2 is 1.94 bits per heavy atom. The predicted octanol–water partition coefficient (Wildman–Crippen LogP) is 0.272. The molecule has 0 bridgehead atoms. The lowest BCUT2D eigenvalue weighted by Crippen LogP contribution is -2.27. The van der Waals surface area contributed by atoms with Crippen LogP contribution in [0.5, 0.6) is 0 Å². The van der Waals surface area contributed by atoms with Gasteiger partial charge in [0, 0.05) is 6.54 Å². The van der Waals surface area contributed by atoms with Gasteiger partial charge in [0.2, 0.25) is 10.0 Å². The molecule has 0 saturated carbocycles. The average Bonchev–Trinajstić information content (AvgIpc) is 2.29. The van der Waals surface area contributed by atoms with Gasteiger partial charge in [-0.25, -0.2) is 17.9 Å². The average molecular weight is 273 g/mol. The van der Waals surface area contributed by atoms with Crippen LogP contribution >= 0.6 is 0 Å². The Kier molecular flexibility index (Phi) is 4.44. The van der Waals surface area contributed by atoms with Gasteiger partial charge in [-0.2, -0.15) is 0 Å². The Bertz CT molecular complexity index is 565. The molecule has 3 N–H and O–H groups in total. The number of aromatic carboxylic acids is 1. The zero-order valence-corrected chi connectivity index (χ0v) is 10.9. The minimum Gasteiger partial charge on any atom is -0.478 e. The first kappa shape index (κ1) is 14.6. The summed E-state index contributed by atoms with van der Waals surface area (Å²) < 4.78 is 26.0. The number of nitrogens with one attached hydrogen (secondary N) is 1. The first-order valence-electron chi connectivity index (χ1n) is 5.24. The summed E-state index contributed by atoms with van der Waals surface area (Å²) in [6.07, 6.45) is 0. The number of rotatable bonds is 5. The van der Waals surface area contributed by atoms with Crippen LogP contribution < -0.4 is 4.72 Å². The molecule has 1 rings (SSSR count). The number of carbonyl (C=O) groups is 1. The van der Waals surface area contributed by atoms with Crippen LogP contribution in [0.4, 0.5) is 0 Å². The number of benzene rings is 1. The Labute approximate surface area is 105 Å². The molecule has 0 aliphatic heterocycles. The maximum Gasteiger partial charge on any atom is 0.335 e. The van der Waals surface area contributed by atoms with E-state index in [1.54, 1.807) is 13.8 Å². The molecule has 0 heterocycles. The van der Waals surface area contributed by atoms with Crippen LogP contribution in [0.1, 0.15) is 21.5 Å². The van der Waals surface area contributed by atoms with Crippen LogP contribution in [0.2, 0.25) is 0 Å². The van der Waals surface area contributed by atoms with Crippen LogP contribution in [-0.2, 0) is 10.0 Å². The Morgan fingerprint density at radius 1 is 1.33 bits per heavy atom. The lowest BCUT2D eigenvalue weighted by Gasteiger charge is -2.11. The SMILES string of the molecule is Cc1cc(C(=O)O)cc(S(=O)(=O)NCCO)c1C. The van der Waals surface area contributed by atoms with E-state index in [0.717, 1.165) is 6.07 Å². The van der Waals surface area contributed by atoms with Gasteiger partial charge in [-0.15, -0.1) is 0 Å². The molecule has 6 nitrogen and oxygen atoms in total. The minimum absolute atomic E-state index is 0.0756. The maximum atomic E-state index is 11.9. The Balaban J connectivity index is 3.35. The van der Waals surface area contributed by atoms with Crippen LogP contribution in [0.25, 0.3) is 0 Å². The molecule has 18 heavy (non-hydrogen) atoms. The molecule has 0 aliphatic rings. The third-order valence-corrected chi connectivity index (χ3v) is 4.15. The van der Waals surface area contributed by atoms with Crippen molar-refractivity contribution in [2.75, 3.05) is 13.2 Å². The van der Waals surface area contributed by atoms with Crippen molar-refractivity contribution < 1.29 is 23.4 Å². The van der Waals surface area contributed by atoms with Gasteiger partial charge in [-0.1, -0.05) is 0 Å². The highest BCUT2D eigenvalue weighted by Crippen LogP contribution is 2.21. The maximum absolute atomic E-state index is 11.9. The van der Waals surface area contributed by atoms with Crippen molar-refractivity contribution in [2.24, 2.45) is 0 Å². The smallest absolute Gasteiger partial charge is 0.335 e. The number of carboxylic acid groups (broad SMARTS) is 1. The number of carboxylic acids is 1. The minimum atomic E-state index is -3.80. The number of aliphatic hydroxyl groups is 1. The van der Waals surface area contributed by atoms with Crippen molar-refractivity contribution in [1.82, 2.24) is 4.72 Å². The molecule has 0 unspecified atom stereocenters. The Hall–Kier alpha value is -1.44. The fourth-order valence-electron chi connectivity index (χ4n) is 1.49. The molecule has 0 saturated heterocycles. The van der Waals surface area contributed by atoms with Gasteiger partial charge in [0.05, 0.1) is 17.1 Å². The topological polar surface area (TPSA) is 104 Å². The van der Waals surface area contributed by atoms with Crippen molar-refractivity contribution >= 4 is 16.0 Å². The second-order valence-electron chi connectivity index (χ2n) is 3.84. The summed E-state index contributed by atoms with van der Waals surface area (Å²) >= 11 is 0. The molecule has 0 fully saturated rings. The highest BCUT2D eigenvalue weighted by atomic mass is 32.2. The molecule has 1 aromatic carbocycles. The number of aliphatic hydroxyl groups excluding tert-OH is 1. The summed E-state index contributed by atoms with van der Waals surface area (Å²) in [5.41, 5.74) is 0.993. The van der Waals surface area contributed by atoms with Crippen molar-refractivity contribution in [3.05, 3.63) is 28.8 Å². The van der Waals surface area contributed by atoms with Crippen LogP contribution in [0, 0.1) is 13.8 Å². The van der Waals surface area contributed by atoms with E-state index in [4.69, 9.17) is 10.2 Å². The van der Waals surface area contributed by atoms with E-state index in [1.807, 2.05) is 0 Å². The highest BCUT2D eigenvalue weighted by Gasteiger charge is 2.20. The number of sulfonamides is 1. The summed E-state index contributed by atoms with van der Waals surface area (Å²) in [6, 6.07) is 2.53. The Morgan fingerprint density at radius 3 is 2.44 bits per heavy atom. The van der Waals surface area contributed by atoms with Crippen molar-refractivity contribution in [3.8, 4) is 0 Å². The normalized spacial score (nSPS) is 11.5. The summed E-state index contributed by atoms with van der Waals surface area (Å²) in [7, 11) is -3.80. The molecule has 0 radical (unpaired) electrons. The predicted molar refractivity (Wildman–Crippen MR) is 65.1 cm³/mol. The summed E-state index contributed by atoms with van der Waals surface area (Å²) in [4.78, 5) is 10.8. The van der Waals surface area contributed by atoms with Crippen LogP contribution in [-0.4, -0.2) is 37.8 Å². The van der Waals surface area contributed by atoms with Gasteiger partial charge in [0.1, 0.15) is 0 Å². The third kappa shape index (κ3) is 3.06. The quantitative estimate of drug-likeness (QED) is 0.714. The van der Waals surface area contributed by atoms with Gasteiger partial charge in [-0.05, 0) is 37.1 Å². The molecule has 0 spiro atoms. The van der Waals surface area contributed by atoms with Crippen LogP contribution in [0.15, 0.2) is 17.0 Å². The highest BCUT2D eigenvalue weighted by molar-refractivity contribution is 7.89. The van der Waals surface area contributed by atoms with E-state index >= 15 is 0 Å². The van der Waals surface area contributed by atoms with Gasteiger partial charge in [-0.3, -0.25) is 0 Å². The first-order chi connectivity index (χ1) is 8.29. The fourth-order valence-corrected chi connectivity index (χ4v) is 2.85. The second kappa shape index (κ2) is 5.47. The lowest BCUT2D eigenvalue weighted by molar-refractivity contribution is 0.0696. The summed E-state index contributed by atoms with van der Waals surface area (Å²) in [6.45, 7) is 2.81. The van der Waals surface area contributed by atoms with Gasteiger partial charge in [0.15, 0.2) is 0 Å². The van der Waals surface area contributed by atoms with E-state index in [0.29, 0.717) is 11.1 Å². The third-order valence-electron chi connectivity index (χ3n) is 2.56. The molecule has 1 aromatic rings. The number of aryl methyl sites for hydroxylation is 1. The molecular weight excluding hydrogens is 258 g/mol. The van der Waals surface area contributed by atoms with Crippen molar-refractivity contribution in [1.29, 1.82) is 0 Å². The molecule has 0 amide bonds. The largest absolute Gasteiger partial charge is 0.478 e. The molecule has 0 aliphatic carbocycles. The fraction of sp³-hybridized carbons (Fsp3) is 0.364. The van der Waals surface area contributed by atoms with Gasteiger partial charge in [0.25, 0.3) is 0 Å². The first-order valence-corrected chi connectivity index (χ1v) is 6.73. The van der Waals surface area contributed by atoms with E-state index in [9.17, 15) is 13.2 Å².